The summed E-state index contributed by atoms with van der Waals surface area (Å²) in [6.45, 7) is -1.92. The summed E-state index contributed by atoms with van der Waals surface area (Å²) in [5, 5.41) is 156. The van der Waals surface area contributed by atoms with Gasteiger partial charge in [0.05, 0.1) is 33.0 Å². The van der Waals surface area contributed by atoms with Gasteiger partial charge in [-0.2, -0.15) is 0 Å². The van der Waals surface area contributed by atoms with Crippen LogP contribution in [0.1, 0.15) is 20.8 Å². The van der Waals surface area contributed by atoms with Crippen molar-refractivity contribution >= 4 is 24.0 Å². The predicted octanol–water partition coefficient (Wildman–Crippen LogP) is -11.7. The molecular formula is C36H61N3O26. The molecule has 0 radical (unpaired) electrons. The number of ether oxygens (including phenoxy) is 8. The lowest BCUT2D eigenvalue weighted by Gasteiger charge is -2.50. The molecule has 4 aliphatic rings. The number of rotatable bonds is 20. The van der Waals surface area contributed by atoms with Gasteiger partial charge in [-0.05, 0) is 0 Å². The number of carbonyl (C=O) groups is 4. The Morgan fingerprint density at radius 1 is 0.538 bits per heavy atom. The largest absolute Gasteiger partial charge is 0.394 e. The lowest BCUT2D eigenvalue weighted by molar-refractivity contribution is -0.380. The van der Waals surface area contributed by atoms with E-state index >= 15 is 0 Å². The molecule has 24 atom stereocenters. The van der Waals surface area contributed by atoms with Crippen molar-refractivity contribution in [2.24, 2.45) is 0 Å². The third-order valence-corrected chi connectivity index (χ3v) is 11.1. The number of hydrogen-bond donors (Lipinski definition) is 17. The molecule has 4 saturated heterocycles. The molecule has 29 nitrogen and oxygen atoms in total. The van der Waals surface area contributed by atoms with Crippen molar-refractivity contribution in [3.63, 3.8) is 0 Å². The molecule has 3 amide bonds. The van der Waals surface area contributed by atoms with Crippen molar-refractivity contribution in [1.82, 2.24) is 16.0 Å². The highest BCUT2D eigenvalue weighted by molar-refractivity contribution is 5.77. The van der Waals surface area contributed by atoms with Crippen LogP contribution in [0.3, 0.4) is 0 Å². The summed E-state index contributed by atoms with van der Waals surface area (Å²) in [5.74, 6) is -2.38. The average Bonchev–Trinajstić information content (AvgIpc) is 3.26. The van der Waals surface area contributed by atoms with Crippen LogP contribution >= 0.6 is 0 Å². The van der Waals surface area contributed by atoms with Gasteiger partial charge in [0.2, 0.25) is 17.7 Å². The Morgan fingerprint density at radius 2 is 0.954 bits per heavy atom. The number of aldehydes is 1. The van der Waals surface area contributed by atoms with Crippen molar-refractivity contribution in [3.8, 4) is 0 Å². The van der Waals surface area contributed by atoms with E-state index in [1.54, 1.807) is 0 Å². The van der Waals surface area contributed by atoms with Gasteiger partial charge in [-0.1, -0.05) is 0 Å². The van der Waals surface area contributed by atoms with E-state index in [4.69, 9.17) is 37.9 Å². The van der Waals surface area contributed by atoms with Gasteiger partial charge in [0, 0.05) is 20.8 Å². The summed E-state index contributed by atoms with van der Waals surface area (Å²) in [4.78, 5) is 47.8. The summed E-state index contributed by atoms with van der Waals surface area (Å²) in [6.07, 6.45) is -40.1. The molecule has 0 aromatic carbocycles. The van der Waals surface area contributed by atoms with Crippen molar-refractivity contribution in [2.45, 2.75) is 168 Å². The molecule has 0 bridgehead atoms. The Kier molecular flexibility index (Phi) is 20.6. The monoisotopic (exact) mass is 951 g/mol. The lowest BCUT2D eigenvalue weighted by atomic mass is 9.94. The molecule has 65 heavy (non-hydrogen) atoms. The highest BCUT2D eigenvalue weighted by Gasteiger charge is 2.56. The van der Waals surface area contributed by atoms with Crippen molar-refractivity contribution in [2.75, 3.05) is 33.0 Å². The fraction of sp³-hybridized carbons (Fsp3) is 0.889. The highest BCUT2D eigenvalue weighted by Crippen LogP contribution is 2.35. The van der Waals surface area contributed by atoms with Crippen molar-refractivity contribution in [3.05, 3.63) is 0 Å². The zero-order valence-corrected chi connectivity index (χ0v) is 35.1. The van der Waals surface area contributed by atoms with E-state index in [0.29, 0.717) is 0 Å². The minimum atomic E-state index is -2.20. The van der Waals surface area contributed by atoms with Crippen LogP contribution in [0.2, 0.25) is 0 Å². The molecule has 4 aliphatic heterocycles. The molecule has 0 aliphatic carbocycles. The maximum atomic E-state index is 12.5. The highest BCUT2D eigenvalue weighted by atomic mass is 16.8. The molecule has 17 N–H and O–H groups in total. The number of hydrogen-bond acceptors (Lipinski definition) is 26. The Labute approximate surface area is 369 Å². The molecule has 0 aromatic rings. The standard InChI is InChI=1S/C36H61N3O26/c1-10(46)37-13(4-40)21(50)29(14(49)5-41)62-35-27(56)31(23(52)16(7-43)59-35)65-34-20(39-12(3)48)26(55)30(18(9-45)61-34)63-36-28(57)32(24(53)17(8-44)60-36)64-33-19(38-11(2)47)25(54)22(51)15(6-42)58-33/h4,13-36,41-45,49-57H,5-9H2,1-3H3,(H,37,46)(H,38,47)(H,39,48)/t13-,14+,15+,16+,17+,18+,19+,20+,21+,22+,23-,24-,25+,26+,27+,28+,29+,30+,31-,32-,33-,34-,35-,36-/m0/s1. The number of amides is 3. The fourth-order valence-electron chi connectivity index (χ4n) is 7.74. The van der Waals surface area contributed by atoms with Crippen LogP contribution in [-0.2, 0) is 57.1 Å². The minimum Gasteiger partial charge on any atom is -0.394 e. The summed E-state index contributed by atoms with van der Waals surface area (Å²) in [6, 6.07) is -5.08. The van der Waals surface area contributed by atoms with Crippen LogP contribution in [0.5, 0.6) is 0 Å². The van der Waals surface area contributed by atoms with E-state index < -0.39 is 198 Å². The molecule has 0 aromatic heterocycles. The summed E-state index contributed by atoms with van der Waals surface area (Å²) >= 11 is 0. The first-order valence-electron chi connectivity index (χ1n) is 20.3. The molecule has 0 saturated carbocycles. The van der Waals surface area contributed by atoms with E-state index in [1.165, 1.54) is 0 Å². The first kappa shape index (κ1) is 54.8. The second-order valence-electron chi connectivity index (χ2n) is 15.8. The van der Waals surface area contributed by atoms with Gasteiger partial charge < -0.3 is 130 Å². The SMILES string of the molecule is CC(=O)N[C@H]1[C@H](O[C@H]2[C@@H](O)[C@@H](CO)O[C@@H](O[C@@H]([C@H](O)[C@H](C=O)NC(C)=O)[C@H](O)CO)[C@@H]2O)O[C@H](CO)[C@@H](O[C@@H]2O[C@H](CO)[C@H](O)[C@H](O[C@@H]3O[C@H](CO)[C@@H](O)[C@H](O)[C@H]3NC(C)=O)[C@H]2O)[C@@H]1O. The number of aliphatic hydroxyl groups is 14. The number of aliphatic hydroxyl groups excluding tert-OH is 14. The van der Waals surface area contributed by atoms with Crippen LogP contribution in [0.4, 0.5) is 0 Å². The molecule has 4 rings (SSSR count). The maximum absolute atomic E-state index is 12.5. The first-order valence-corrected chi connectivity index (χ1v) is 20.3. The van der Waals surface area contributed by atoms with Gasteiger partial charge in [0.1, 0.15) is 128 Å². The van der Waals surface area contributed by atoms with Gasteiger partial charge in [-0.3, -0.25) is 14.4 Å². The third kappa shape index (κ3) is 12.8. The molecule has 4 fully saturated rings. The zero-order chi connectivity index (χ0) is 48.6. The van der Waals surface area contributed by atoms with Crippen LogP contribution in [-0.4, -0.2) is 276 Å². The molecule has 0 unspecified atom stereocenters. The Bertz CT molecular complexity index is 1540. The zero-order valence-electron chi connectivity index (χ0n) is 35.1. The van der Waals surface area contributed by atoms with E-state index in [2.05, 4.69) is 16.0 Å². The molecule has 376 valence electrons. The van der Waals surface area contributed by atoms with Crippen LogP contribution in [0, 0.1) is 0 Å². The Morgan fingerprint density at radius 3 is 1.40 bits per heavy atom. The van der Waals surface area contributed by atoms with Gasteiger partial charge in [0.15, 0.2) is 25.2 Å². The normalized spacial score (nSPS) is 41.9. The van der Waals surface area contributed by atoms with Crippen molar-refractivity contribution < 1.29 is 129 Å². The van der Waals surface area contributed by atoms with Crippen LogP contribution < -0.4 is 16.0 Å². The van der Waals surface area contributed by atoms with Gasteiger partial charge >= 0.3 is 0 Å². The van der Waals surface area contributed by atoms with Gasteiger partial charge in [0.25, 0.3) is 0 Å². The third-order valence-electron chi connectivity index (χ3n) is 11.1. The lowest BCUT2D eigenvalue weighted by Crippen LogP contribution is -2.70. The van der Waals surface area contributed by atoms with E-state index in [-0.39, 0.29) is 6.29 Å². The number of carbonyl (C=O) groups excluding carboxylic acids is 4. The van der Waals surface area contributed by atoms with Crippen molar-refractivity contribution in [1.29, 1.82) is 0 Å². The summed E-state index contributed by atoms with van der Waals surface area (Å²) in [7, 11) is 0. The van der Waals surface area contributed by atoms with E-state index in [1.807, 2.05) is 0 Å². The number of nitrogens with one attached hydrogen (secondary N) is 3. The molecule has 0 spiro atoms. The smallest absolute Gasteiger partial charge is 0.217 e. The molecular weight excluding hydrogens is 890 g/mol. The van der Waals surface area contributed by atoms with E-state index in [9.17, 15) is 90.7 Å². The Balaban J connectivity index is 1.60. The van der Waals surface area contributed by atoms with E-state index in [0.717, 1.165) is 20.8 Å². The second kappa shape index (κ2) is 24.5. The maximum Gasteiger partial charge on any atom is 0.217 e. The first-order chi connectivity index (χ1) is 30.7. The average molecular weight is 952 g/mol. The van der Waals surface area contributed by atoms with Gasteiger partial charge in [-0.15, -0.1) is 0 Å². The quantitative estimate of drug-likeness (QED) is 0.0504. The molecule has 29 heteroatoms. The van der Waals surface area contributed by atoms with Gasteiger partial charge in [-0.25, -0.2) is 0 Å². The molecule has 4 heterocycles. The fourth-order valence-corrected chi connectivity index (χ4v) is 7.74. The summed E-state index contributed by atoms with van der Waals surface area (Å²) < 4.78 is 45.5. The topological polar surface area (TPSA) is 461 Å². The summed E-state index contributed by atoms with van der Waals surface area (Å²) in [5.41, 5.74) is 0. The second-order valence-corrected chi connectivity index (χ2v) is 15.8. The predicted molar refractivity (Wildman–Crippen MR) is 203 cm³/mol. The van der Waals surface area contributed by atoms with Crippen LogP contribution in [0.15, 0.2) is 0 Å². The van der Waals surface area contributed by atoms with Crippen LogP contribution in [0.25, 0.3) is 0 Å². The minimum absolute atomic E-state index is 0.0876. The Hall–Kier alpha value is -2.80.